The van der Waals surface area contributed by atoms with Crippen LogP contribution >= 0.6 is 0 Å². The number of carboxylic acids is 1. The second kappa shape index (κ2) is 6.65. The first kappa shape index (κ1) is 14.0. The predicted octanol–water partition coefficient (Wildman–Crippen LogP) is 1.57. The molecule has 0 saturated carbocycles. The first-order chi connectivity index (χ1) is 9.20. The van der Waals surface area contributed by atoms with Gasteiger partial charge < -0.3 is 19.7 Å². The summed E-state index contributed by atoms with van der Waals surface area (Å²) in [7, 11) is 0. The largest absolute Gasteiger partial charge is 0.478 e. The lowest BCUT2D eigenvalue weighted by Gasteiger charge is -2.11. The van der Waals surface area contributed by atoms with E-state index in [-0.39, 0.29) is 18.5 Å². The van der Waals surface area contributed by atoms with Crippen molar-refractivity contribution in [2.75, 3.05) is 13.2 Å². The Bertz CT molecular complexity index is 437. The molecule has 1 saturated heterocycles. The summed E-state index contributed by atoms with van der Waals surface area (Å²) < 4.78 is 10.7. The molecule has 0 aliphatic carbocycles. The summed E-state index contributed by atoms with van der Waals surface area (Å²) in [6.45, 7) is 1.20. The molecular formula is C14H18O5. The van der Waals surface area contributed by atoms with Crippen LogP contribution in [0.3, 0.4) is 0 Å². The van der Waals surface area contributed by atoms with Gasteiger partial charge in [0.15, 0.2) is 6.29 Å². The van der Waals surface area contributed by atoms with E-state index in [1.165, 1.54) is 6.07 Å². The van der Waals surface area contributed by atoms with Crippen molar-refractivity contribution in [1.82, 2.24) is 0 Å². The van der Waals surface area contributed by atoms with Gasteiger partial charge in [0.1, 0.15) is 0 Å². The monoisotopic (exact) mass is 266 g/mol. The van der Waals surface area contributed by atoms with E-state index in [1.807, 2.05) is 0 Å². The lowest BCUT2D eigenvalue weighted by atomic mass is 9.99. The molecule has 0 atom stereocenters. The van der Waals surface area contributed by atoms with E-state index in [1.54, 1.807) is 12.1 Å². The van der Waals surface area contributed by atoms with E-state index in [0.717, 1.165) is 24.0 Å². The quantitative estimate of drug-likeness (QED) is 0.817. The van der Waals surface area contributed by atoms with Crippen LogP contribution in [0.4, 0.5) is 0 Å². The number of benzene rings is 1. The molecule has 1 aliphatic rings. The van der Waals surface area contributed by atoms with Gasteiger partial charge in [-0.25, -0.2) is 4.79 Å². The summed E-state index contributed by atoms with van der Waals surface area (Å²) in [6, 6.07) is 4.81. The first-order valence-corrected chi connectivity index (χ1v) is 6.40. The summed E-state index contributed by atoms with van der Waals surface area (Å²) in [6.07, 6.45) is 2.18. The molecule has 0 unspecified atom stereocenters. The van der Waals surface area contributed by atoms with Crippen molar-refractivity contribution in [3.8, 4) is 0 Å². The third-order valence-corrected chi connectivity index (χ3v) is 3.20. The summed E-state index contributed by atoms with van der Waals surface area (Å²) in [5.41, 5.74) is 1.90. The lowest BCUT2D eigenvalue weighted by molar-refractivity contribution is -0.0475. The van der Waals surface area contributed by atoms with Crippen molar-refractivity contribution in [2.45, 2.75) is 32.2 Å². The van der Waals surface area contributed by atoms with Crippen LogP contribution in [0.15, 0.2) is 18.2 Å². The first-order valence-electron chi connectivity index (χ1n) is 6.40. The normalized spacial score (nSPS) is 15.8. The summed E-state index contributed by atoms with van der Waals surface area (Å²) in [4.78, 5) is 10.9. The van der Waals surface area contributed by atoms with E-state index >= 15 is 0 Å². The molecule has 5 nitrogen and oxygen atoms in total. The molecule has 1 aliphatic heterocycles. The second-order valence-electron chi connectivity index (χ2n) is 4.51. The highest BCUT2D eigenvalue weighted by molar-refractivity contribution is 5.87. The maximum atomic E-state index is 10.9. The lowest BCUT2D eigenvalue weighted by Crippen LogP contribution is -2.08. The number of hydrogen-bond acceptors (Lipinski definition) is 4. The number of aryl methyl sites for hydroxylation is 1. The molecule has 0 spiro atoms. The van der Waals surface area contributed by atoms with E-state index in [2.05, 4.69) is 0 Å². The van der Waals surface area contributed by atoms with Crippen LogP contribution in [0.1, 0.15) is 34.3 Å². The Labute approximate surface area is 111 Å². The van der Waals surface area contributed by atoms with E-state index in [9.17, 15) is 9.90 Å². The molecule has 0 bridgehead atoms. The summed E-state index contributed by atoms with van der Waals surface area (Å²) >= 11 is 0. The Morgan fingerprint density at radius 3 is 2.63 bits per heavy atom. The highest BCUT2D eigenvalue weighted by Gasteiger charge is 2.15. The Kier molecular flexibility index (Phi) is 4.90. The fraction of sp³-hybridized carbons (Fsp3) is 0.500. The Morgan fingerprint density at radius 1 is 1.26 bits per heavy atom. The number of aliphatic hydroxyl groups is 1. The van der Waals surface area contributed by atoms with Gasteiger partial charge in [-0.2, -0.15) is 0 Å². The minimum atomic E-state index is -0.951. The van der Waals surface area contributed by atoms with Crippen molar-refractivity contribution in [1.29, 1.82) is 0 Å². The molecule has 2 N–H and O–H groups in total. The van der Waals surface area contributed by atoms with E-state index in [0.29, 0.717) is 19.6 Å². The number of carboxylic acid groups (broad SMARTS) is 1. The van der Waals surface area contributed by atoms with Gasteiger partial charge in [0.05, 0.1) is 25.4 Å². The summed E-state index contributed by atoms with van der Waals surface area (Å²) in [5.74, 6) is -0.951. The zero-order chi connectivity index (χ0) is 13.7. The van der Waals surface area contributed by atoms with Gasteiger partial charge in [-0.3, -0.25) is 0 Å². The molecule has 19 heavy (non-hydrogen) atoms. The van der Waals surface area contributed by atoms with Crippen LogP contribution in [0.5, 0.6) is 0 Å². The number of aromatic carboxylic acids is 1. The van der Waals surface area contributed by atoms with Crippen LogP contribution in [0.25, 0.3) is 0 Å². The molecule has 0 aromatic heterocycles. The third-order valence-electron chi connectivity index (χ3n) is 3.20. The third kappa shape index (κ3) is 3.76. The van der Waals surface area contributed by atoms with Crippen LogP contribution in [-0.2, 0) is 22.5 Å². The van der Waals surface area contributed by atoms with Gasteiger partial charge in [-0.05, 0) is 42.5 Å². The van der Waals surface area contributed by atoms with Gasteiger partial charge in [-0.15, -0.1) is 0 Å². The maximum absolute atomic E-state index is 10.9. The zero-order valence-corrected chi connectivity index (χ0v) is 10.7. The van der Waals surface area contributed by atoms with Crippen molar-refractivity contribution < 1.29 is 24.5 Å². The minimum absolute atomic E-state index is 0.0777. The average molecular weight is 266 g/mol. The number of carbonyl (C=O) groups is 1. The molecule has 5 heteroatoms. The fourth-order valence-corrected chi connectivity index (χ4v) is 2.18. The van der Waals surface area contributed by atoms with Gasteiger partial charge in [0.2, 0.25) is 0 Å². The molecule has 2 rings (SSSR count). The second-order valence-corrected chi connectivity index (χ2v) is 4.51. The maximum Gasteiger partial charge on any atom is 0.335 e. The highest BCUT2D eigenvalue weighted by atomic mass is 16.7. The molecular weight excluding hydrogens is 248 g/mol. The van der Waals surface area contributed by atoms with Gasteiger partial charge in [0.25, 0.3) is 0 Å². The molecule has 1 aromatic rings. The number of hydrogen-bond donors (Lipinski definition) is 2. The molecule has 0 amide bonds. The molecule has 104 valence electrons. The van der Waals surface area contributed by atoms with Crippen LogP contribution in [0.2, 0.25) is 0 Å². The Morgan fingerprint density at radius 2 is 2.00 bits per heavy atom. The molecule has 1 heterocycles. The highest BCUT2D eigenvalue weighted by Crippen LogP contribution is 2.18. The van der Waals surface area contributed by atoms with Gasteiger partial charge in [0, 0.05) is 0 Å². The Hall–Kier alpha value is -1.43. The topological polar surface area (TPSA) is 76.0 Å². The summed E-state index contributed by atoms with van der Waals surface area (Å²) in [5, 5.41) is 18.2. The fourth-order valence-electron chi connectivity index (χ4n) is 2.18. The smallest absolute Gasteiger partial charge is 0.335 e. The zero-order valence-electron chi connectivity index (χ0n) is 10.7. The standard InChI is InChI=1S/C14H18O5/c15-9-12-5-4-11(14(16)17)8-10(12)2-1-3-13-18-6-7-19-13/h4-5,8,13,15H,1-3,6-7,9H2,(H,16,17). The Balaban J connectivity index is 1.96. The number of rotatable bonds is 6. The predicted molar refractivity (Wildman–Crippen MR) is 68.0 cm³/mol. The van der Waals surface area contributed by atoms with Gasteiger partial charge >= 0.3 is 5.97 Å². The van der Waals surface area contributed by atoms with Crippen LogP contribution < -0.4 is 0 Å². The van der Waals surface area contributed by atoms with Crippen molar-refractivity contribution in [2.24, 2.45) is 0 Å². The SMILES string of the molecule is O=C(O)c1ccc(CO)c(CCCC2OCCO2)c1. The molecule has 1 fully saturated rings. The van der Waals surface area contributed by atoms with Gasteiger partial charge in [-0.1, -0.05) is 6.07 Å². The van der Waals surface area contributed by atoms with Crippen molar-refractivity contribution in [3.05, 3.63) is 34.9 Å². The van der Waals surface area contributed by atoms with Crippen LogP contribution in [-0.4, -0.2) is 35.7 Å². The van der Waals surface area contributed by atoms with E-state index in [4.69, 9.17) is 14.6 Å². The van der Waals surface area contributed by atoms with Crippen LogP contribution in [0, 0.1) is 0 Å². The average Bonchev–Trinajstić information content (AvgIpc) is 2.91. The molecule has 0 radical (unpaired) electrons. The van der Waals surface area contributed by atoms with E-state index < -0.39 is 5.97 Å². The minimum Gasteiger partial charge on any atom is -0.478 e. The number of ether oxygens (including phenoxy) is 2. The molecule has 1 aromatic carbocycles. The van der Waals surface area contributed by atoms with Crippen molar-refractivity contribution >= 4 is 5.97 Å². The number of aliphatic hydroxyl groups excluding tert-OH is 1. The van der Waals surface area contributed by atoms with Crippen molar-refractivity contribution in [3.63, 3.8) is 0 Å².